The summed E-state index contributed by atoms with van der Waals surface area (Å²) < 4.78 is 10.8. The van der Waals surface area contributed by atoms with Crippen molar-refractivity contribution in [3.8, 4) is 10.6 Å². The van der Waals surface area contributed by atoms with Crippen molar-refractivity contribution in [1.29, 1.82) is 0 Å². The quantitative estimate of drug-likeness (QED) is 0.892. The Balaban J connectivity index is 1.44. The summed E-state index contributed by atoms with van der Waals surface area (Å²) in [6, 6.07) is 6.23. The van der Waals surface area contributed by atoms with Crippen molar-refractivity contribution in [2.75, 3.05) is 13.1 Å². The van der Waals surface area contributed by atoms with Crippen molar-refractivity contribution < 1.29 is 14.1 Å². The number of nitrogens with zero attached hydrogens (tertiary/aromatic N) is 2. The van der Waals surface area contributed by atoms with E-state index in [1.54, 1.807) is 11.3 Å². The van der Waals surface area contributed by atoms with Gasteiger partial charge in [-0.05, 0) is 45.1 Å². The first-order valence-corrected chi connectivity index (χ1v) is 9.48. The van der Waals surface area contributed by atoms with Gasteiger partial charge < -0.3 is 14.6 Å². The van der Waals surface area contributed by atoms with Gasteiger partial charge in [-0.2, -0.15) is 0 Å². The van der Waals surface area contributed by atoms with Gasteiger partial charge in [-0.1, -0.05) is 11.2 Å². The second kappa shape index (κ2) is 7.58. The second-order valence-corrected chi connectivity index (χ2v) is 8.30. The van der Waals surface area contributed by atoms with Crippen LogP contribution in [0.15, 0.2) is 28.1 Å². The molecule has 0 spiro atoms. The SMILES string of the molecule is CC(C)(C)OC(=O)NC1CCN(Cc2cc(-c3cccs3)no2)CC1. The zero-order valence-electron chi connectivity index (χ0n) is 14.9. The molecule has 25 heavy (non-hydrogen) atoms. The summed E-state index contributed by atoms with van der Waals surface area (Å²) in [5.74, 6) is 0.877. The maximum atomic E-state index is 11.8. The standard InChI is InChI=1S/C18H25N3O3S/c1-18(2,3)23-17(22)19-13-6-8-21(9-7-13)12-14-11-15(20-24-14)16-5-4-10-25-16/h4-5,10-11,13H,6-9,12H2,1-3H3,(H,19,22). The number of piperidine rings is 1. The van der Waals surface area contributed by atoms with Crippen LogP contribution in [0.25, 0.3) is 10.6 Å². The molecular weight excluding hydrogens is 338 g/mol. The van der Waals surface area contributed by atoms with E-state index in [2.05, 4.69) is 15.4 Å². The molecule has 0 aliphatic carbocycles. The lowest BCUT2D eigenvalue weighted by molar-refractivity contribution is 0.0475. The molecule has 0 aromatic carbocycles. The number of carbonyl (C=O) groups excluding carboxylic acids is 1. The highest BCUT2D eigenvalue weighted by Crippen LogP contribution is 2.25. The molecular formula is C18H25N3O3S. The molecule has 136 valence electrons. The summed E-state index contributed by atoms with van der Waals surface area (Å²) in [4.78, 5) is 15.3. The van der Waals surface area contributed by atoms with Gasteiger partial charge in [0.1, 0.15) is 11.3 Å². The van der Waals surface area contributed by atoms with Crippen molar-refractivity contribution in [1.82, 2.24) is 15.4 Å². The third-order valence-corrected chi connectivity index (χ3v) is 4.91. The molecule has 2 aromatic rings. The normalized spacial score (nSPS) is 16.8. The number of thiophene rings is 1. The summed E-state index contributed by atoms with van der Waals surface area (Å²) in [5, 5.41) is 9.14. The monoisotopic (exact) mass is 363 g/mol. The number of carbonyl (C=O) groups is 1. The molecule has 1 amide bonds. The summed E-state index contributed by atoms with van der Waals surface area (Å²) in [6.07, 6.45) is 1.48. The van der Waals surface area contributed by atoms with Gasteiger partial charge >= 0.3 is 6.09 Å². The number of nitrogens with one attached hydrogen (secondary N) is 1. The summed E-state index contributed by atoms with van der Waals surface area (Å²) in [6.45, 7) is 8.19. The molecule has 1 aliphatic heterocycles. The molecule has 0 bridgehead atoms. The molecule has 0 atom stereocenters. The van der Waals surface area contributed by atoms with Crippen molar-refractivity contribution in [3.63, 3.8) is 0 Å². The zero-order valence-corrected chi connectivity index (χ0v) is 15.8. The maximum Gasteiger partial charge on any atom is 0.407 e. The average molecular weight is 363 g/mol. The van der Waals surface area contributed by atoms with Crippen LogP contribution >= 0.6 is 11.3 Å². The van der Waals surface area contributed by atoms with Crippen LogP contribution in [0.1, 0.15) is 39.4 Å². The Morgan fingerprint density at radius 1 is 1.44 bits per heavy atom. The van der Waals surface area contributed by atoms with Gasteiger partial charge in [-0.25, -0.2) is 4.79 Å². The number of hydrogen-bond donors (Lipinski definition) is 1. The van der Waals surface area contributed by atoms with Crippen molar-refractivity contribution in [2.24, 2.45) is 0 Å². The van der Waals surface area contributed by atoms with Gasteiger partial charge in [0.05, 0.1) is 11.4 Å². The van der Waals surface area contributed by atoms with Gasteiger partial charge in [0.15, 0.2) is 5.76 Å². The van der Waals surface area contributed by atoms with Crippen LogP contribution in [-0.2, 0) is 11.3 Å². The molecule has 7 heteroatoms. The Kier molecular flexibility index (Phi) is 5.44. The lowest BCUT2D eigenvalue weighted by Crippen LogP contribution is -2.45. The predicted octanol–water partition coefficient (Wildman–Crippen LogP) is 3.89. The Hall–Kier alpha value is -1.86. The van der Waals surface area contributed by atoms with Crippen LogP contribution in [0.3, 0.4) is 0 Å². The molecule has 1 fully saturated rings. The van der Waals surface area contributed by atoms with E-state index in [0.29, 0.717) is 0 Å². The van der Waals surface area contributed by atoms with Crippen LogP contribution < -0.4 is 5.32 Å². The Labute approximate surface area is 152 Å². The minimum atomic E-state index is -0.461. The molecule has 0 unspecified atom stereocenters. The van der Waals surface area contributed by atoms with E-state index < -0.39 is 5.60 Å². The van der Waals surface area contributed by atoms with Crippen LogP contribution in [-0.4, -0.2) is 40.9 Å². The zero-order chi connectivity index (χ0) is 17.9. The Morgan fingerprint density at radius 3 is 2.84 bits per heavy atom. The van der Waals surface area contributed by atoms with E-state index in [4.69, 9.17) is 9.26 Å². The van der Waals surface area contributed by atoms with Crippen molar-refractivity contribution in [3.05, 3.63) is 29.3 Å². The molecule has 3 rings (SSSR count). The highest BCUT2D eigenvalue weighted by molar-refractivity contribution is 7.13. The molecule has 2 aromatic heterocycles. The van der Waals surface area contributed by atoms with E-state index >= 15 is 0 Å². The van der Waals surface area contributed by atoms with Gasteiger partial charge in [0.2, 0.25) is 0 Å². The number of alkyl carbamates (subject to hydrolysis) is 1. The Morgan fingerprint density at radius 2 is 2.20 bits per heavy atom. The fraction of sp³-hybridized carbons (Fsp3) is 0.556. The molecule has 0 radical (unpaired) electrons. The second-order valence-electron chi connectivity index (χ2n) is 7.35. The van der Waals surface area contributed by atoms with Crippen LogP contribution in [0, 0.1) is 0 Å². The van der Waals surface area contributed by atoms with Crippen molar-refractivity contribution >= 4 is 17.4 Å². The summed E-state index contributed by atoms with van der Waals surface area (Å²) in [5.41, 5.74) is 0.434. The van der Waals surface area contributed by atoms with Gasteiger partial charge in [-0.15, -0.1) is 11.3 Å². The van der Waals surface area contributed by atoms with E-state index in [9.17, 15) is 4.79 Å². The molecule has 1 aliphatic rings. The number of aromatic nitrogens is 1. The lowest BCUT2D eigenvalue weighted by Gasteiger charge is -2.32. The molecule has 1 N–H and O–H groups in total. The smallest absolute Gasteiger partial charge is 0.407 e. The third-order valence-electron chi connectivity index (χ3n) is 4.02. The molecule has 6 nitrogen and oxygen atoms in total. The minimum absolute atomic E-state index is 0.169. The highest BCUT2D eigenvalue weighted by atomic mass is 32.1. The number of likely N-dealkylation sites (tertiary alicyclic amines) is 1. The molecule has 1 saturated heterocycles. The van der Waals surface area contributed by atoms with Gasteiger partial charge in [0.25, 0.3) is 0 Å². The number of hydrogen-bond acceptors (Lipinski definition) is 6. The topological polar surface area (TPSA) is 67.6 Å². The fourth-order valence-corrected chi connectivity index (χ4v) is 3.54. The van der Waals surface area contributed by atoms with E-state index in [1.807, 2.05) is 44.4 Å². The van der Waals surface area contributed by atoms with E-state index in [-0.39, 0.29) is 12.1 Å². The molecule has 0 saturated carbocycles. The first kappa shape index (κ1) is 17.9. The van der Waals surface area contributed by atoms with Crippen molar-refractivity contribution in [2.45, 2.75) is 51.8 Å². The van der Waals surface area contributed by atoms with Crippen LogP contribution in [0.4, 0.5) is 4.79 Å². The van der Waals surface area contributed by atoms with E-state index in [1.165, 1.54) is 0 Å². The van der Waals surface area contributed by atoms with Gasteiger partial charge in [0, 0.05) is 25.2 Å². The van der Waals surface area contributed by atoms with E-state index in [0.717, 1.165) is 48.8 Å². The number of ether oxygens (including phenoxy) is 1. The van der Waals surface area contributed by atoms with Gasteiger partial charge in [-0.3, -0.25) is 4.90 Å². The van der Waals surface area contributed by atoms with Crippen LogP contribution in [0.2, 0.25) is 0 Å². The van der Waals surface area contributed by atoms with Crippen LogP contribution in [0.5, 0.6) is 0 Å². The first-order valence-electron chi connectivity index (χ1n) is 8.60. The predicted molar refractivity (Wildman–Crippen MR) is 97.5 cm³/mol. The average Bonchev–Trinajstić information content (AvgIpc) is 3.18. The highest BCUT2D eigenvalue weighted by Gasteiger charge is 2.24. The number of rotatable bonds is 4. The summed E-state index contributed by atoms with van der Waals surface area (Å²) in [7, 11) is 0. The maximum absolute atomic E-state index is 11.8. The lowest BCUT2D eigenvalue weighted by atomic mass is 10.1. The minimum Gasteiger partial charge on any atom is -0.444 e. The fourth-order valence-electron chi connectivity index (χ4n) is 2.86. The molecule has 3 heterocycles. The Bertz CT molecular complexity index is 683. The third kappa shape index (κ3) is 5.31. The largest absolute Gasteiger partial charge is 0.444 e. The number of amides is 1. The first-order chi connectivity index (χ1) is 11.9. The summed E-state index contributed by atoms with van der Waals surface area (Å²) >= 11 is 1.66.